The van der Waals surface area contributed by atoms with Crippen LogP contribution in [0.4, 0.5) is 10.1 Å². The summed E-state index contributed by atoms with van der Waals surface area (Å²) in [6.45, 7) is 0. The first-order valence-corrected chi connectivity index (χ1v) is 5.86. The van der Waals surface area contributed by atoms with Crippen molar-refractivity contribution in [3.05, 3.63) is 69.5 Å². The number of nitro benzene ring substituents is 1. The minimum atomic E-state index is -0.606. The van der Waals surface area contributed by atoms with Crippen molar-refractivity contribution in [1.29, 1.82) is 5.26 Å². The molecule has 0 bridgehead atoms. The molecule has 6 heteroatoms. The highest BCUT2D eigenvalue weighted by Gasteiger charge is 2.10. The number of phenols is 1. The summed E-state index contributed by atoms with van der Waals surface area (Å²) >= 11 is 0. The summed E-state index contributed by atoms with van der Waals surface area (Å²) in [5.41, 5.74) is 0.314. The SMILES string of the molecule is N#C/C(=C\c1cc([N+](=O)[O-])ccc1O)c1cccc(F)c1. The molecule has 0 amide bonds. The van der Waals surface area contributed by atoms with Gasteiger partial charge in [0.05, 0.1) is 16.6 Å². The molecule has 0 aliphatic heterocycles. The molecule has 104 valence electrons. The van der Waals surface area contributed by atoms with Crippen molar-refractivity contribution in [1.82, 2.24) is 0 Å². The fourth-order valence-corrected chi connectivity index (χ4v) is 1.76. The van der Waals surface area contributed by atoms with E-state index in [1.54, 1.807) is 0 Å². The van der Waals surface area contributed by atoms with Crippen LogP contribution in [-0.2, 0) is 0 Å². The smallest absolute Gasteiger partial charge is 0.270 e. The van der Waals surface area contributed by atoms with Gasteiger partial charge in [0.2, 0.25) is 0 Å². The molecule has 0 unspecified atom stereocenters. The lowest BCUT2D eigenvalue weighted by atomic mass is 10.0. The number of benzene rings is 2. The fraction of sp³-hybridized carbons (Fsp3) is 0. The van der Waals surface area contributed by atoms with Crippen LogP contribution in [0.3, 0.4) is 0 Å². The molecule has 0 saturated carbocycles. The third kappa shape index (κ3) is 3.22. The first kappa shape index (κ1) is 14.2. The van der Waals surface area contributed by atoms with Gasteiger partial charge in [-0.25, -0.2) is 4.39 Å². The van der Waals surface area contributed by atoms with Gasteiger partial charge in [-0.2, -0.15) is 5.26 Å². The van der Waals surface area contributed by atoms with Crippen LogP contribution in [0.15, 0.2) is 42.5 Å². The Balaban J connectivity index is 2.53. The van der Waals surface area contributed by atoms with Gasteiger partial charge < -0.3 is 5.11 Å². The Bertz CT molecular complexity index is 779. The van der Waals surface area contributed by atoms with Crippen LogP contribution in [0.2, 0.25) is 0 Å². The molecule has 1 N–H and O–H groups in total. The summed E-state index contributed by atoms with van der Waals surface area (Å²) in [5.74, 6) is -0.707. The third-order valence-corrected chi connectivity index (χ3v) is 2.78. The first-order chi connectivity index (χ1) is 10.0. The summed E-state index contributed by atoms with van der Waals surface area (Å²) in [6.07, 6.45) is 1.27. The maximum absolute atomic E-state index is 13.2. The minimum Gasteiger partial charge on any atom is -0.507 e. The predicted molar refractivity (Wildman–Crippen MR) is 74.6 cm³/mol. The molecule has 0 atom stereocenters. The van der Waals surface area contributed by atoms with Crippen LogP contribution in [0.5, 0.6) is 5.75 Å². The van der Waals surface area contributed by atoms with E-state index in [0.717, 1.165) is 12.1 Å². The predicted octanol–water partition coefficient (Wildman–Crippen LogP) is 3.50. The Morgan fingerprint density at radius 3 is 2.71 bits per heavy atom. The lowest BCUT2D eigenvalue weighted by Crippen LogP contribution is -1.89. The number of hydrogen-bond donors (Lipinski definition) is 1. The fourth-order valence-electron chi connectivity index (χ4n) is 1.76. The molecule has 5 nitrogen and oxygen atoms in total. The van der Waals surface area contributed by atoms with Gasteiger partial charge in [-0.15, -0.1) is 0 Å². The highest BCUT2D eigenvalue weighted by Crippen LogP contribution is 2.27. The van der Waals surface area contributed by atoms with Gasteiger partial charge >= 0.3 is 0 Å². The van der Waals surface area contributed by atoms with Crippen molar-refractivity contribution in [2.75, 3.05) is 0 Å². The zero-order valence-corrected chi connectivity index (χ0v) is 10.7. The average molecular weight is 284 g/mol. The molecular weight excluding hydrogens is 275 g/mol. The number of hydrogen-bond acceptors (Lipinski definition) is 4. The quantitative estimate of drug-likeness (QED) is 0.404. The Labute approximate surface area is 119 Å². The van der Waals surface area contributed by atoms with E-state index in [1.165, 1.54) is 36.4 Å². The number of non-ortho nitro benzene ring substituents is 1. The number of nitrogens with zero attached hydrogens (tertiary/aromatic N) is 2. The highest BCUT2D eigenvalue weighted by molar-refractivity contribution is 5.90. The van der Waals surface area contributed by atoms with Crippen molar-refractivity contribution in [2.24, 2.45) is 0 Å². The minimum absolute atomic E-state index is 0.0882. The van der Waals surface area contributed by atoms with Gasteiger partial charge in [-0.1, -0.05) is 12.1 Å². The van der Waals surface area contributed by atoms with Crippen LogP contribution < -0.4 is 0 Å². The van der Waals surface area contributed by atoms with E-state index in [4.69, 9.17) is 5.26 Å². The van der Waals surface area contributed by atoms with Crippen LogP contribution in [-0.4, -0.2) is 10.0 Å². The van der Waals surface area contributed by atoms with Crippen LogP contribution in [0, 0.1) is 27.3 Å². The largest absolute Gasteiger partial charge is 0.507 e. The molecule has 21 heavy (non-hydrogen) atoms. The number of aromatic hydroxyl groups is 1. The highest BCUT2D eigenvalue weighted by atomic mass is 19.1. The van der Waals surface area contributed by atoms with Crippen molar-refractivity contribution in [2.45, 2.75) is 0 Å². The van der Waals surface area contributed by atoms with Gasteiger partial charge in [0.1, 0.15) is 11.6 Å². The summed E-state index contributed by atoms with van der Waals surface area (Å²) in [6, 6.07) is 10.7. The molecule has 2 rings (SSSR count). The van der Waals surface area contributed by atoms with Gasteiger partial charge in [-0.3, -0.25) is 10.1 Å². The van der Waals surface area contributed by atoms with E-state index < -0.39 is 10.7 Å². The van der Waals surface area contributed by atoms with E-state index in [2.05, 4.69) is 0 Å². The van der Waals surface area contributed by atoms with E-state index in [9.17, 15) is 19.6 Å². The third-order valence-electron chi connectivity index (χ3n) is 2.78. The van der Waals surface area contributed by atoms with Crippen LogP contribution in [0.25, 0.3) is 11.6 Å². The van der Waals surface area contributed by atoms with E-state index in [-0.39, 0.29) is 22.6 Å². The molecule has 2 aromatic rings. The zero-order chi connectivity index (χ0) is 15.4. The van der Waals surface area contributed by atoms with Crippen LogP contribution >= 0.6 is 0 Å². The second kappa shape index (κ2) is 5.84. The molecule has 0 aromatic heterocycles. The number of nitriles is 1. The van der Waals surface area contributed by atoms with Crippen molar-refractivity contribution in [3.63, 3.8) is 0 Å². The second-order valence-electron chi connectivity index (χ2n) is 4.18. The Hall–Kier alpha value is -3.20. The maximum Gasteiger partial charge on any atom is 0.270 e. The van der Waals surface area contributed by atoms with Gasteiger partial charge in [0.15, 0.2) is 0 Å². The van der Waals surface area contributed by atoms with Crippen molar-refractivity contribution >= 4 is 17.3 Å². The molecular formula is C15H9FN2O3. The van der Waals surface area contributed by atoms with E-state index in [1.807, 2.05) is 6.07 Å². The van der Waals surface area contributed by atoms with Gasteiger partial charge in [-0.05, 0) is 29.8 Å². The topological polar surface area (TPSA) is 87.2 Å². The number of halogens is 1. The van der Waals surface area contributed by atoms with Crippen LogP contribution in [0.1, 0.15) is 11.1 Å². The molecule has 0 aliphatic rings. The van der Waals surface area contributed by atoms with Gasteiger partial charge in [0.25, 0.3) is 5.69 Å². The molecule has 0 spiro atoms. The Kier molecular flexibility index (Phi) is 3.95. The Morgan fingerprint density at radius 1 is 1.33 bits per heavy atom. The standard InChI is InChI=1S/C15H9FN2O3/c16-13-3-1-2-10(7-13)12(9-17)6-11-8-14(18(20)21)4-5-15(11)19/h1-8,19H/b12-6+. The lowest BCUT2D eigenvalue weighted by Gasteiger charge is -2.02. The van der Waals surface area contributed by atoms with E-state index >= 15 is 0 Å². The number of nitro groups is 1. The second-order valence-corrected chi connectivity index (χ2v) is 4.18. The van der Waals surface area contributed by atoms with Gasteiger partial charge in [0, 0.05) is 17.7 Å². The average Bonchev–Trinajstić information content (AvgIpc) is 2.46. The zero-order valence-electron chi connectivity index (χ0n) is 10.7. The van der Waals surface area contributed by atoms with E-state index in [0.29, 0.717) is 5.56 Å². The molecule has 0 aliphatic carbocycles. The normalized spacial score (nSPS) is 11.0. The lowest BCUT2D eigenvalue weighted by molar-refractivity contribution is -0.384. The number of phenolic OH excluding ortho intramolecular Hbond substituents is 1. The Morgan fingerprint density at radius 2 is 2.10 bits per heavy atom. The molecule has 0 radical (unpaired) electrons. The van der Waals surface area contributed by atoms with Crippen molar-refractivity contribution in [3.8, 4) is 11.8 Å². The van der Waals surface area contributed by atoms with Crippen molar-refractivity contribution < 1.29 is 14.4 Å². The number of rotatable bonds is 3. The molecule has 0 heterocycles. The summed E-state index contributed by atoms with van der Waals surface area (Å²) < 4.78 is 13.2. The molecule has 2 aromatic carbocycles. The molecule has 0 fully saturated rings. The monoisotopic (exact) mass is 284 g/mol. The summed E-state index contributed by atoms with van der Waals surface area (Å²) in [4.78, 5) is 10.1. The molecule has 0 saturated heterocycles. The summed E-state index contributed by atoms with van der Waals surface area (Å²) in [7, 11) is 0. The first-order valence-electron chi connectivity index (χ1n) is 5.86. The maximum atomic E-state index is 13.2. The summed E-state index contributed by atoms with van der Waals surface area (Å²) in [5, 5.41) is 29.6. The number of allylic oxidation sites excluding steroid dienone is 1.